The summed E-state index contributed by atoms with van der Waals surface area (Å²) in [6.07, 6.45) is 0. The van der Waals surface area contributed by atoms with E-state index < -0.39 is 15.6 Å². The highest BCUT2D eigenvalue weighted by atomic mass is 35.5. The fourth-order valence-electron chi connectivity index (χ4n) is 3.17. The van der Waals surface area contributed by atoms with Crippen LogP contribution in [0, 0.1) is 11.3 Å². The van der Waals surface area contributed by atoms with Crippen molar-refractivity contribution >= 4 is 33.0 Å². The van der Waals surface area contributed by atoms with Crippen molar-refractivity contribution in [2.75, 3.05) is 36.8 Å². The number of carbonyl (C=O) groups is 1. The quantitative estimate of drug-likeness (QED) is 0.747. The molecular weight excluding hydrogens is 398 g/mol. The van der Waals surface area contributed by atoms with Gasteiger partial charge in [-0.25, -0.2) is 8.42 Å². The molecule has 146 valence electrons. The highest BCUT2D eigenvalue weighted by Gasteiger charge is 2.22. The molecular formula is C20H20ClN3O3S. The first-order valence-corrected chi connectivity index (χ1v) is 11.0. The van der Waals surface area contributed by atoms with Crippen molar-refractivity contribution in [3.8, 4) is 6.07 Å². The van der Waals surface area contributed by atoms with Crippen LogP contribution in [0.3, 0.4) is 0 Å². The highest BCUT2D eigenvalue weighted by Crippen LogP contribution is 2.21. The molecule has 28 heavy (non-hydrogen) atoms. The number of benzene rings is 2. The van der Waals surface area contributed by atoms with Gasteiger partial charge in [-0.2, -0.15) is 5.26 Å². The van der Waals surface area contributed by atoms with Gasteiger partial charge in [-0.1, -0.05) is 29.8 Å². The molecule has 0 radical (unpaired) electrons. The van der Waals surface area contributed by atoms with E-state index in [0.29, 0.717) is 29.2 Å². The van der Waals surface area contributed by atoms with Crippen LogP contribution in [-0.4, -0.2) is 51.2 Å². The van der Waals surface area contributed by atoms with Crippen molar-refractivity contribution in [1.29, 1.82) is 5.26 Å². The van der Waals surface area contributed by atoms with Crippen LogP contribution < -0.4 is 4.90 Å². The second-order valence-electron chi connectivity index (χ2n) is 6.65. The Kier molecular flexibility index (Phi) is 6.22. The van der Waals surface area contributed by atoms with Crippen LogP contribution in [-0.2, 0) is 15.6 Å². The van der Waals surface area contributed by atoms with Crippen LogP contribution in [0.1, 0.15) is 15.9 Å². The number of nitrogens with zero attached hydrogens (tertiary/aromatic N) is 3. The minimum atomic E-state index is -3.45. The molecule has 3 rings (SSSR count). The molecule has 1 amide bonds. The van der Waals surface area contributed by atoms with Gasteiger partial charge in [0.15, 0.2) is 9.84 Å². The SMILES string of the molecule is N#CCS(=O)(=O)Cc1ccc(C(=O)N2CCN(c3cccc(Cl)c3)CC2)cc1. The zero-order valence-electron chi connectivity index (χ0n) is 15.2. The van der Waals surface area contributed by atoms with Gasteiger partial charge in [0.05, 0.1) is 11.8 Å². The molecule has 1 fully saturated rings. The van der Waals surface area contributed by atoms with E-state index in [4.69, 9.17) is 16.9 Å². The lowest BCUT2D eigenvalue weighted by Crippen LogP contribution is -2.48. The first kappa shape index (κ1) is 20.2. The van der Waals surface area contributed by atoms with Gasteiger partial charge >= 0.3 is 0 Å². The largest absolute Gasteiger partial charge is 0.368 e. The first-order chi connectivity index (χ1) is 13.4. The molecule has 0 aliphatic carbocycles. The van der Waals surface area contributed by atoms with Gasteiger partial charge in [0.25, 0.3) is 5.91 Å². The topological polar surface area (TPSA) is 81.5 Å². The maximum atomic E-state index is 12.7. The lowest BCUT2D eigenvalue weighted by Gasteiger charge is -2.36. The molecule has 1 saturated heterocycles. The van der Waals surface area contributed by atoms with Gasteiger partial charge in [0, 0.05) is 42.5 Å². The molecule has 0 aromatic heterocycles. The third kappa shape index (κ3) is 5.03. The van der Waals surface area contributed by atoms with Crippen molar-refractivity contribution in [2.24, 2.45) is 0 Å². The second kappa shape index (κ2) is 8.63. The Morgan fingerprint density at radius 1 is 1.07 bits per heavy atom. The number of hydrogen-bond donors (Lipinski definition) is 0. The van der Waals surface area contributed by atoms with Crippen molar-refractivity contribution in [3.05, 3.63) is 64.7 Å². The van der Waals surface area contributed by atoms with Gasteiger partial charge in [-0.3, -0.25) is 4.79 Å². The van der Waals surface area contributed by atoms with Crippen molar-refractivity contribution < 1.29 is 13.2 Å². The molecule has 0 bridgehead atoms. The number of sulfone groups is 1. The van der Waals surface area contributed by atoms with E-state index in [2.05, 4.69) is 4.90 Å². The molecule has 1 heterocycles. The third-order valence-corrected chi connectivity index (χ3v) is 6.19. The van der Waals surface area contributed by atoms with Crippen LogP contribution in [0.25, 0.3) is 0 Å². The fourth-order valence-corrected chi connectivity index (χ4v) is 4.35. The summed E-state index contributed by atoms with van der Waals surface area (Å²) in [7, 11) is -3.45. The Hall–Kier alpha value is -2.56. The summed E-state index contributed by atoms with van der Waals surface area (Å²) in [4.78, 5) is 16.7. The van der Waals surface area contributed by atoms with Crippen molar-refractivity contribution in [1.82, 2.24) is 4.90 Å². The van der Waals surface area contributed by atoms with Crippen molar-refractivity contribution in [2.45, 2.75) is 5.75 Å². The number of halogens is 1. The molecule has 1 aliphatic rings. The summed E-state index contributed by atoms with van der Waals surface area (Å²) in [5, 5.41) is 9.24. The zero-order chi connectivity index (χ0) is 20.1. The molecule has 2 aromatic rings. The van der Waals surface area contributed by atoms with Crippen LogP contribution in [0.2, 0.25) is 5.02 Å². The number of rotatable bonds is 5. The van der Waals surface area contributed by atoms with Crippen LogP contribution in [0.4, 0.5) is 5.69 Å². The van der Waals surface area contributed by atoms with E-state index in [-0.39, 0.29) is 11.7 Å². The van der Waals surface area contributed by atoms with E-state index in [0.717, 1.165) is 18.8 Å². The number of nitriles is 1. The average molecular weight is 418 g/mol. The van der Waals surface area contributed by atoms with Crippen LogP contribution in [0.5, 0.6) is 0 Å². The molecule has 2 aromatic carbocycles. The molecule has 0 spiro atoms. The predicted molar refractivity (Wildman–Crippen MR) is 109 cm³/mol. The van der Waals surface area contributed by atoms with E-state index in [1.807, 2.05) is 24.3 Å². The summed E-state index contributed by atoms with van der Waals surface area (Å²) in [6.45, 7) is 2.64. The van der Waals surface area contributed by atoms with Crippen LogP contribution in [0.15, 0.2) is 48.5 Å². The van der Waals surface area contributed by atoms with Gasteiger partial charge in [0.2, 0.25) is 0 Å². The Bertz CT molecular complexity index is 992. The summed E-state index contributed by atoms with van der Waals surface area (Å²) < 4.78 is 23.4. The number of carbonyl (C=O) groups excluding carboxylic acids is 1. The molecule has 0 atom stereocenters. The van der Waals surface area contributed by atoms with Crippen molar-refractivity contribution in [3.63, 3.8) is 0 Å². The Morgan fingerprint density at radius 3 is 2.36 bits per heavy atom. The van der Waals surface area contributed by atoms with Gasteiger partial charge < -0.3 is 9.80 Å². The third-order valence-electron chi connectivity index (χ3n) is 4.61. The minimum Gasteiger partial charge on any atom is -0.368 e. The summed E-state index contributed by atoms with van der Waals surface area (Å²) in [5.74, 6) is -0.782. The Labute approximate surface area is 169 Å². The Morgan fingerprint density at radius 2 is 1.75 bits per heavy atom. The molecule has 0 N–H and O–H groups in total. The average Bonchev–Trinajstić information content (AvgIpc) is 2.68. The van der Waals surface area contributed by atoms with Gasteiger partial charge in [0.1, 0.15) is 5.75 Å². The molecule has 6 nitrogen and oxygen atoms in total. The van der Waals surface area contributed by atoms with Crippen LogP contribution >= 0.6 is 11.6 Å². The smallest absolute Gasteiger partial charge is 0.253 e. The molecule has 1 aliphatic heterocycles. The summed E-state index contributed by atoms with van der Waals surface area (Å²) in [5.41, 5.74) is 2.14. The monoisotopic (exact) mass is 417 g/mol. The van der Waals surface area contributed by atoms with E-state index in [1.165, 1.54) is 0 Å². The molecule has 8 heteroatoms. The normalized spacial score (nSPS) is 14.6. The number of piperazine rings is 1. The van der Waals surface area contributed by atoms with E-state index >= 15 is 0 Å². The number of hydrogen-bond acceptors (Lipinski definition) is 5. The van der Waals surface area contributed by atoms with Gasteiger partial charge in [-0.15, -0.1) is 0 Å². The summed E-state index contributed by atoms with van der Waals surface area (Å²) in [6, 6.07) is 15.9. The zero-order valence-corrected chi connectivity index (χ0v) is 16.8. The molecule has 0 saturated carbocycles. The second-order valence-corrected chi connectivity index (χ2v) is 9.15. The summed E-state index contributed by atoms with van der Waals surface area (Å²) >= 11 is 6.05. The number of anilines is 1. The minimum absolute atomic E-state index is 0.0721. The van der Waals surface area contributed by atoms with E-state index in [1.54, 1.807) is 35.2 Å². The van der Waals surface area contributed by atoms with Gasteiger partial charge in [-0.05, 0) is 35.9 Å². The Balaban J connectivity index is 1.60. The highest BCUT2D eigenvalue weighted by molar-refractivity contribution is 7.90. The van der Waals surface area contributed by atoms with E-state index in [9.17, 15) is 13.2 Å². The first-order valence-electron chi connectivity index (χ1n) is 8.84. The standard InChI is InChI=1S/C20H20ClN3O3S/c21-18-2-1-3-19(14-18)23-9-11-24(12-10-23)20(25)17-6-4-16(5-7-17)15-28(26,27)13-8-22/h1-7,14H,9-13,15H2. The lowest BCUT2D eigenvalue weighted by atomic mass is 10.1. The fraction of sp³-hybridized carbons (Fsp3) is 0.300. The number of amides is 1. The lowest BCUT2D eigenvalue weighted by molar-refractivity contribution is 0.0747. The predicted octanol–water partition coefficient (Wildman–Crippen LogP) is 2.74. The maximum absolute atomic E-state index is 12.7. The molecule has 0 unspecified atom stereocenters. The maximum Gasteiger partial charge on any atom is 0.253 e.